The molecule has 0 aromatic heterocycles. The molecule has 6 heteroatoms. The number of amides is 2. The molecule has 23 heavy (non-hydrogen) atoms. The fourth-order valence-corrected chi connectivity index (χ4v) is 2.60. The van der Waals surface area contributed by atoms with Gasteiger partial charge in [-0.2, -0.15) is 0 Å². The highest BCUT2D eigenvalue weighted by Gasteiger charge is 2.23. The fourth-order valence-electron chi connectivity index (χ4n) is 2.60. The van der Waals surface area contributed by atoms with Crippen LogP contribution >= 0.6 is 0 Å². The first-order valence-corrected chi connectivity index (χ1v) is 7.95. The van der Waals surface area contributed by atoms with Gasteiger partial charge in [-0.3, -0.25) is 9.59 Å². The third kappa shape index (κ3) is 4.69. The van der Waals surface area contributed by atoms with Crippen LogP contribution in [0.5, 0.6) is 0 Å². The van der Waals surface area contributed by atoms with Crippen molar-refractivity contribution in [3.63, 3.8) is 0 Å². The maximum absolute atomic E-state index is 12.6. The molecule has 0 unspecified atom stereocenters. The number of aliphatic hydroxyl groups is 1. The first kappa shape index (κ1) is 17.3. The number of likely N-dealkylation sites (N-methyl/N-ethyl adjacent to an activating group) is 1. The first-order valence-electron chi connectivity index (χ1n) is 7.95. The maximum atomic E-state index is 12.6. The summed E-state index contributed by atoms with van der Waals surface area (Å²) >= 11 is 0. The minimum absolute atomic E-state index is 0.00368. The summed E-state index contributed by atoms with van der Waals surface area (Å²) in [6.07, 6.45) is 1.69. The Morgan fingerprint density at radius 1 is 1.30 bits per heavy atom. The van der Waals surface area contributed by atoms with E-state index in [9.17, 15) is 9.59 Å². The number of piperidine rings is 1. The number of likely N-dealkylation sites (tertiary alicyclic amines) is 1. The number of nitrogens with zero attached hydrogens (tertiary/aromatic N) is 2. The van der Waals surface area contributed by atoms with Gasteiger partial charge >= 0.3 is 0 Å². The van der Waals surface area contributed by atoms with Crippen molar-refractivity contribution in [2.24, 2.45) is 5.92 Å². The Labute approximate surface area is 137 Å². The molecule has 6 nitrogen and oxygen atoms in total. The molecule has 1 aliphatic heterocycles. The largest absolute Gasteiger partial charge is 0.396 e. The first-order chi connectivity index (χ1) is 11.0. The van der Waals surface area contributed by atoms with Crippen LogP contribution in [-0.2, 0) is 4.79 Å². The summed E-state index contributed by atoms with van der Waals surface area (Å²) in [5.74, 6) is 0.292. The van der Waals surface area contributed by atoms with Crippen LogP contribution in [0.25, 0.3) is 0 Å². The topological polar surface area (TPSA) is 72.9 Å². The Hall–Kier alpha value is -2.08. The van der Waals surface area contributed by atoms with Crippen LogP contribution in [0.15, 0.2) is 24.3 Å². The molecule has 0 atom stereocenters. The van der Waals surface area contributed by atoms with Crippen LogP contribution in [0.2, 0.25) is 0 Å². The van der Waals surface area contributed by atoms with E-state index >= 15 is 0 Å². The highest BCUT2D eigenvalue weighted by atomic mass is 16.3. The molecule has 0 saturated carbocycles. The van der Waals surface area contributed by atoms with Crippen LogP contribution in [0.4, 0.5) is 5.69 Å². The van der Waals surface area contributed by atoms with Crippen LogP contribution in [0.1, 0.15) is 23.2 Å². The number of nitrogens with one attached hydrogen (secondary N) is 1. The SMILES string of the molecule is CN(C)C(=O)CNc1cccc(C(=O)N2CCC(CO)CC2)c1. The zero-order chi connectivity index (χ0) is 16.8. The number of anilines is 1. The van der Waals surface area contributed by atoms with Gasteiger partial charge < -0.3 is 20.2 Å². The lowest BCUT2D eigenvalue weighted by atomic mass is 9.97. The number of hydrogen-bond donors (Lipinski definition) is 2. The number of hydrogen-bond acceptors (Lipinski definition) is 4. The van der Waals surface area contributed by atoms with E-state index in [1.165, 1.54) is 4.90 Å². The molecule has 1 aromatic carbocycles. The van der Waals surface area contributed by atoms with E-state index in [1.807, 2.05) is 17.0 Å². The van der Waals surface area contributed by atoms with Crippen LogP contribution in [0.3, 0.4) is 0 Å². The van der Waals surface area contributed by atoms with Gasteiger partial charge in [0.15, 0.2) is 0 Å². The molecule has 0 bridgehead atoms. The Bertz CT molecular complexity index is 552. The summed E-state index contributed by atoms with van der Waals surface area (Å²) in [5.41, 5.74) is 1.38. The summed E-state index contributed by atoms with van der Waals surface area (Å²) in [6.45, 7) is 1.76. The molecule has 0 spiro atoms. The molecule has 1 heterocycles. The standard InChI is InChI=1S/C17H25N3O3/c1-19(2)16(22)11-18-15-5-3-4-14(10-15)17(23)20-8-6-13(12-21)7-9-20/h3-5,10,13,18,21H,6-9,11-12H2,1-2H3. The van der Waals surface area contributed by atoms with Crippen molar-refractivity contribution in [2.75, 3.05) is 45.7 Å². The Balaban J connectivity index is 1.96. The normalized spacial score (nSPS) is 15.3. The summed E-state index contributed by atoms with van der Waals surface area (Å²) in [4.78, 5) is 27.5. The Kier molecular flexibility index (Phi) is 5.98. The van der Waals surface area contributed by atoms with Crippen molar-refractivity contribution in [3.05, 3.63) is 29.8 Å². The minimum atomic E-state index is -0.0206. The van der Waals surface area contributed by atoms with Gasteiger partial charge in [-0.15, -0.1) is 0 Å². The lowest BCUT2D eigenvalue weighted by Crippen LogP contribution is -2.39. The second-order valence-electron chi connectivity index (χ2n) is 6.14. The van der Waals surface area contributed by atoms with Gasteiger partial charge in [0.25, 0.3) is 5.91 Å². The zero-order valence-corrected chi connectivity index (χ0v) is 13.8. The molecule has 1 saturated heterocycles. The average Bonchev–Trinajstić information content (AvgIpc) is 2.59. The second kappa shape index (κ2) is 7.97. The third-order valence-corrected chi connectivity index (χ3v) is 4.21. The van der Waals surface area contributed by atoms with Crippen molar-refractivity contribution < 1.29 is 14.7 Å². The van der Waals surface area contributed by atoms with Gasteiger partial charge in [0.2, 0.25) is 5.91 Å². The van der Waals surface area contributed by atoms with Gasteiger partial charge in [-0.25, -0.2) is 0 Å². The molecule has 2 N–H and O–H groups in total. The lowest BCUT2D eigenvalue weighted by molar-refractivity contribution is -0.126. The highest BCUT2D eigenvalue weighted by molar-refractivity contribution is 5.95. The van der Waals surface area contributed by atoms with E-state index in [4.69, 9.17) is 5.11 Å². The van der Waals surface area contributed by atoms with Gasteiger partial charge in [-0.1, -0.05) is 6.07 Å². The van der Waals surface area contributed by atoms with E-state index in [1.54, 1.807) is 26.2 Å². The average molecular weight is 319 g/mol. The van der Waals surface area contributed by atoms with Crippen molar-refractivity contribution >= 4 is 17.5 Å². The number of carbonyl (C=O) groups excluding carboxylic acids is 2. The van der Waals surface area contributed by atoms with Gasteiger partial charge in [0.1, 0.15) is 0 Å². The molecule has 0 radical (unpaired) electrons. The summed E-state index contributed by atoms with van der Waals surface area (Å²) in [6, 6.07) is 7.23. The molecule has 1 aliphatic rings. The van der Waals surface area contributed by atoms with Gasteiger partial charge in [0, 0.05) is 45.0 Å². The van der Waals surface area contributed by atoms with Crippen molar-refractivity contribution in [1.82, 2.24) is 9.80 Å². The molecule has 2 rings (SSSR count). The summed E-state index contributed by atoms with van der Waals surface area (Å²) < 4.78 is 0. The quantitative estimate of drug-likeness (QED) is 0.850. The monoisotopic (exact) mass is 319 g/mol. The summed E-state index contributed by atoms with van der Waals surface area (Å²) in [7, 11) is 3.42. The van der Waals surface area contributed by atoms with E-state index in [0.717, 1.165) is 18.5 Å². The number of carbonyl (C=O) groups is 2. The van der Waals surface area contributed by atoms with Crippen molar-refractivity contribution in [1.29, 1.82) is 0 Å². The molecule has 2 amide bonds. The van der Waals surface area contributed by atoms with E-state index in [-0.39, 0.29) is 25.0 Å². The van der Waals surface area contributed by atoms with Crippen LogP contribution in [0, 0.1) is 5.92 Å². The molecular weight excluding hydrogens is 294 g/mol. The molecule has 1 fully saturated rings. The Morgan fingerprint density at radius 2 is 2.00 bits per heavy atom. The van der Waals surface area contributed by atoms with Crippen LogP contribution in [-0.4, -0.2) is 67.1 Å². The molecule has 126 valence electrons. The third-order valence-electron chi connectivity index (χ3n) is 4.21. The Morgan fingerprint density at radius 3 is 2.61 bits per heavy atom. The number of aliphatic hydroxyl groups excluding tert-OH is 1. The lowest BCUT2D eigenvalue weighted by Gasteiger charge is -2.31. The van der Waals surface area contributed by atoms with Crippen LogP contribution < -0.4 is 5.32 Å². The van der Waals surface area contributed by atoms with Gasteiger partial charge in [0.05, 0.1) is 6.54 Å². The molecular formula is C17H25N3O3. The number of rotatable bonds is 5. The van der Waals surface area contributed by atoms with Crippen molar-refractivity contribution in [2.45, 2.75) is 12.8 Å². The predicted molar refractivity (Wildman–Crippen MR) is 89.3 cm³/mol. The zero-order valence-electron chi connectivity index (χ0n) is 13.8. The maximum Gasteiger partial charge on any atom is 0.253 e. The van der Waals surface area contributed by atoms with Crippen molar-refractivity contribution in [3.8, 4) is 0 Å². The molecule has 1 aromatic rings. The highest BCUT2D eigenvalue weighted by Crippen LogP contribution is 2.19. The fraction of sp³-hybridized carbons (Fsp3) is 0.529. The minimum Gasteiger partial charge on any atom is -0.396 e. The van der Waals surface area contributed by atoms with E-state index < -0.39 is 0 Å². The second-order valence-corrected chi connectivity index (χ2v) is 6.14. The van der Waals surface area contributed by atoms with E-state index in [0.29, 0.717) is 24.6 Å². The van der Waals surface area contributed by atoms with Gasteiger partial charge in [-0.05, 0) is 37.0 Å². The predicted octanol–water partition coefficient (Wildman–Crippen LogP) is 1.03. The summed E-state index contributed by atoms with van der Waals surface area (Å²) in [5, 5.41) is 12.2. The van der Waals surface area contributed by atoms with E-state index in [2.05, 4.69) is 5.32 Å². The smallest absolute Gasteiger partial charge is 0.253 e. The molecule has 0 aliphatic carbocycles. The number of benzene rings is 1.